The third-order valence-electron chi connectivity index (χ3n) is 4.23. The number of carbonyl (C=O) groups excluding carboxylic acids is 1. The molecule has 0 atom stereocenters. The van der Waals surface area contributed by atoms with Gasteiger partial charge in [0.1, 0.15) is 0 Å². The van der Waals surface area contributed by atoms with Crippen molar-refractivity contribution < 1.29 is 4.79 Å². The normalized spacial score (nSPS) is 11.3. The van der Waals surface area contributed by atoms with Crippen molar-refractivity contribution >= 4 is 28.9 Å². The number of benzene rings is 3. The second-order valence-corrected chi connectivity index (χ2v) is 9.75. The van der Waals surface area contributed by atoms with E-state index in [9.17, 15) is 4.79 Å². The van der Waals surface area contributed by atoms with Crippen LogP contribution in [0.1, 0.15) is 20.3 Å². The van der Waals surface area contributed by atoms with Gasteiger partial charge in [0.15, 0.2) is 0 Å². The van der Waals surface area contributed by atoms with Crippen LogP contribution in [0.5, 0.6) is 0 Å². The fraction of sp³-hybridized carbons (Fsp3) is 0.174. The lowest BCUT2D eigenvalue weighted by atomic mass is 10.1. The fourth-order valence-corrected chi connectivity index (χ4v) is 6.58. The van der Waals surface area contributed by atoms with Crippen molar-refractivity contribution in [1.29, 1.82) is 0 Å². The summed E-state index contributed by atoms with van der Waals surface area (Å²) in [5, 5.41) is 3.32. The van der Waals surface area contributed by atoms with Gasteiger partial charge in [-0.15, -0.1) is 0 Å². The van der Waals surface area contributed by atoms with E-state index >= 15 is 0 Å². The topological polar surface area (TPSA) is 29.4 Å². The minimum absolute atomic E-state index is 0.0232. The first kappa shape index (κ1) is 18.4. The molecular weight excluding hydrogens is 337 g/mol. The summed E-state index contributed by atoms with van der Waals surface area (Å²) in [7, 11) is -2.39. The lowest BCUT2D eigenvalue weighted by molar-refractivity contribution is -0.118. The van der Waals surface area contributed by atoms with Crippen molar-refractivity contribution in [3.8, 4) is 0 Å². The summed E-state index contributed by atoms with van der Waals surface area (Å²) in [5.74, 6) is 0.264. The number of rotatable bonds is 5. The lowest BCUT2D eigenvalue weighted by Crippen LogP contribution is -2.26. The van der Waals surface area contributed by atoms with Gasteiger partial charge < -0.3 is 0 Å². The summed E-state index contributed by atoms with van der Waals surface area (Å²) < 4.78 is 4.93. The third-order valence-corrected chi connectivity index (χ3v) is 7.89. The Kier molecular flexibility index (Phi) is 5.85. The van der Waals surface area contributed by atoms with Crippen LogP contribution in [0, 0.1) is 5.92 Å². The molecule has 0 saturated carbocycles. The number of carbonyl (C=O) groups is 1. The van der Waals surface area contributed by atoms with Crippen molar-refractivity contribution in [2.24, 2.45) is 10.7 Å². The van der Waals surface area contributed by atoms with Crippen molar-refractivity contribution in [3.63, 3.8) is 0 Å². The molecule has 0 aliphatic rings. The zero-order valence-corrected chi connectivity index (χ0v) is 16.1. The highest BCUT2D eigenvalue weighted by atomic mass is 31.2. The molecular formula is C23H24NOP. The first-order valence-corrected chi connectivity index (χ1v) is 10.7. The van der Waals surface area contributed by atoms with Crippen LogP contribution in [0.2, 0.25) is 0 Å². The molecule has 0 saturated heterocycles. The fourth-order valence-electron chi connectivity index (χ4n) is 3.11. The summed E-state index contributed by atoms with van der Waals surface area (Å²) in [4.78, 5) is 12.9. The van der Waals surface area contributed by atoms with Crippen molar-refractivity contribution in [3.05, 3.63) is 91.0 Å². The van der Waals surface area contributed by atoms with Crippen molar-refractivity contribution in [2.45, 2.75) is 20.3 Å². The molecule has 3 aromatic carbocycles. The van der Waals surface area contributed by atoms with E-state index in [1.54, 1.807) is 0 Å². The summed E-state index contributed by atoms with van der Waals surface area (Å²) in [6.07, 6.45) is 0.467. The average molecular weight is 361 g/mol. The van der Waals surface area contributed by atoms with E-state index in [2.05, 4.69) is 50.2 Å². The third kappa shape index (κ3) is 3.86. The molecule has 0 fully saturated rings. The van der Waals surface area contributed by atoms with Gasteiger partial charge in [-0.05, 0) is 5.92 Å². The van der Waals surface area contributed by atoms with Crippen LogP contribution in [0.3, 0.4) is 0 Å². The van der Waals surface area contributed by atoms with Gasteiger partial charge in [-0.3, -0.25) is 4.79 Å². The zero-order chi connectivity index (χ0) is 18.4. The highest BCUT2D eigenvalue weighted by Crippen LogP contribution is 2.46. The minimum Gasteiger partial charge on any atom is -0.273 e. The zero-order valence-electron chi connectivity index (χ0n) is 15.2. The SMILES string of the molecule is CC(C)CC(=O)N=P(c1ccccc1)(c1ccccc1)c1ccccc1. The Hall–Kier alpha value is -2.44. The molecule has 0 N–H and O–H groups in total. The quantitative estimate of drug-likeness (QED) is 0.604. The highest BCUT2D eigenvalue weighted by molar-refractivity contribution is 7.87. The molecule has 3 rings (SSSR count). The molecule has 26 heavy (non-hydrogen) atoms. The first-order valence-electron chi connectivity index (χ1n) is 8.95. The van der Waals surface area contributed by atoms with E-state index in [-0.39, 0.29) is 11.8 Å². The van der Waals surface area contributed by atoms with Gasteiger partial charge in [0.05, 0.1) is 7.05 Å². The minimum atomic E-state index is -2.39. The van der Waals surface area contributed by atoms with Gasteiger partial charge >= 0.3 is 0 Å². The summed E-state index contributed by atoms with van der Waals surface area (Å²) in [6, 6.07) is 30.8. The largest absolute Gasteiger partial charge is 0.273 e. The first-order chi connectivity index (χ1) is 12.6. The molecule has 0 unspecified atom stereocenters. The summed E-state index contributed by atoms with van der Waals surface area (Å²) in [6.45, 7) is 4.11. The van der Waals surface area contributed by atoms with Crippen LogP contribution in [-0.2, 0) is 4.79 Å². The maximum Gasteiger partial charge on any atom is 0.245 e. The lowest BCUT2D eigenvalue weighted by Gasteiger charge is -2.26. The van der Waals surface area contributed by atoms with Crippen LogP contribution >= 0.6 is 7.05 Å². The molecule has 0 radical (unpaired) electrons. The number of hydrogen-bond acceptors (Lipinski definition) is 1. The maximum atomic E-state index is 12.9. The van der Waals surface area contributed by atoms with Gasteiger partial charge in [-0.2, -0.15) is 0 Å². The van der Waals surface area contributed by atoms with Gasteiger partial charge in [-0.1, -0.05) is 105 Å². The maximum absolute atomic E-state index is 12.9. The van der Waals surface area contributed by atoms with E-state index in [1.807, 2.05) is 54.6 Å². The van der Waals surface area contributed by atoms with E-state index in [4.69, 9.17) is 4.74 Å². The average Bonchev–Trinajstić information content (AvgIpc) is 2.67. The summed E-state index contributed by atoms with van der Waals surface area (Å²) >= 11 is 0. The van der Waals surface area contributed by atoms with Gasteiger partial charge in [0, 0.05) is 22.3 Å². The molecule has 0 bridgehead atoms. The van der Waals surface area contributed by atoms with Crippen molar-refractivity contribution in [2.75, 3.05) is 0 Å². The highest BCUT2D eigenvalue weighted by Gasteiger charge is 2.28. The van der Waals surface area contributed by atoms with Crippen molar-refractivity contribution in [1.82, 2.24) is 0 Å². The van der Waals surface area contributed by atoms with Crippen LogP contribution in [0.4, 0.5) is 0 Å². The predicted molar refractivity (Wildman–Crippen MR) is 112 cm³/mol. The number of amides is 1. The smallest absolute Gasteiger partial charge is 0.245 e. The van der Waals surface area contributed by atoms with Crippen LogP contribution in [-0.4, -0.2) is 5.91 Å². The van der Waals surface area contributed by atoms with E-state index in [0.717, 1.165) is 15.9 Å². The second-order valence-electron chi connectivity index (χ2n) is 6.73. The molecule has 0 aliphatic carbocycles. The van der Waals surface area contributed by atoms with Gasteiger partial charge in [-0.25, -0.2) is 4.74 Å². The monoisotopic (exact) mass is 361 g/mol. The Labute approximate surface area is 156 Å². The molecule has 3 aromatic rings. The number of nitrogens with zero attached hydrogens (tertiary/aromatic N) is 1. The van der Waals surface area contributed by atoms with Crippen LogP contribution in [0.25, 0.3) is 0 Å². The Morgan fingerprint density at radius 3 is 1.38 bits per heavy atom. The standard InChI is InChI=1S/C23H24NOP/c1-19(2)18-23(25)24-26(20-12-6-3-7-13-20,21-14-8-4-9-15-21)22-16-10-5-11-17-22/h3-17,19H,18H2,1-2H3. The van der Waals surface area contributed by atoms with Crippen LogP contribution in [0.15, 0.2) is 95.7 Å². The Balaban J connectivity index is 2.36. The van der Waals surface area contributed by atoms with E-state index in [0.29, 0.717) is 6.42 Å². The van der Waals surface area contributed by atoms with E-state index < -0.39 is 7.05 Å². The Bertz CT molecular complexity index is 799. The number of hydrogen-bond donors (Lipinski definition) is 0. The molecule has 3 heteroatoms. The van der Waals surface area contributed by atoms with Gasteiger partial charge in [0.2, 0.25) is 5.91 Å². The van der Waals surface area contributed by atoms with E-state index in [1.165, 1.54) is 0 Å². The Morgan fingerprint density at radius 1 is 0.731 bits per heavy atom. The molecule has 1 amide bonds. The molecule has 0 spiro atoms. The molecule has 0 aliphatic heterocycles. The molecule has 0 heterocycles. The van der Waals surface area contributed by atoms with Crippen LogP contribution < -0.4 is 15.9 Å². The second kappa shape index (κ2) is 8.29. The molecule has 132 valence electrons. The molecule has 0 aromatic heterocycles. The summed E-state index contributed by atoms with van der Waals surface area (Å²) in [5.41, 5.74) is 0. The van der Waals surface area contributed by atoms with Gasteiger partial charge in [0.25, 0.3) is 0 Å². The predicted octanol–water partition coefficient (Wildman–Crippen LogP) is 4.74. The Morgan fingerprint density at radius 2 is 1.08 bits per heavy atom. The molecule has 2 nitrogen and oxygen atoms in total.